The van der Waals surface area contributed by atoms with Crippen LogP contribution in [0.15, 0.2) is 66.7 Å². The third-order valence-corrected chi connectivity index (χ3v) is 13.1. The van der Waals surface area contributed by atoms with E-state index in [2.05, 4.69) is 40.2 Å². The molecule has 2 aliphatic heterocycles. The molecular formula is C59H82N4O19. The normalized spacial score (nSPS) is 14.7. The van der Waals surface area contributed by atoms with Crippen LogP contribution in [-0.2, 0) is 76.0 Å². The summed E-state index contributed by atoms with van der Waals surface area (Å²) in [4.78, 5) is 76.1. The zero-order chi connectivity index (χ0) is 57.7. The molecule has 1 fully saturated rings. The van der Waals surface area contributed by atoms with E-state index in [0.717, 1.165) is 17.7 Å². The maximum atomic E-state index is 13.2. The molecule has 3 aromatic rings. The first kappa shape index (κ1) is 65.4. The number of imide groups is 2. The second-order valence-electron chi connectivity index (χ2n) is 19.0. The molecule has 3 aromatic carbocycles. The maximum absolute atomic E-state index is 13.2. The predicted molar refractivity (Wildman–Crippen MR) is 298 cm³/mol. The Morgan fingerprint density at radius 2 is 0.902 bits per heavy atom. The Hall–Kier alpha value is -5.80. The summed E-state index contributed by atoms with van der Waals surface area (Å²) in [6, 6.07) is 20.0. The average molecular weight is 1150 g/mol. The summed E-state index contributed by atoms with van der Waals surface area (Å²) in [5, 5.41) is 7.72. The van der Waals surface area contributed by atoms with Gasteiger partial charge >= 0.3 is 6.09 Å². The lowest BCUT2D eigenvalue weighted by Crippen LogP contribution is -2.54. The first-order valence-corrected chi connectivity index (χ1v) is 28.5. The molecule has 0 spiro atoms. The molecule has 452 valence electrons. The number of piperidine rings is 1. The summed E-state index contributed by atoms with van der Waals surface area (Å²) in [6.07, 6.45) is 2.65. The van der Waals surface area contributed by atoms with E-state index in [1.54, 1.807) is 12.1 Å². The van der Waals surface area contributed by atoms with Crippen LogP contribution in [0, 0.1) is 0 Å². The van der Waals surface area contributed by atoms with Gasteiger partial charge in [0.2, 0.25) is 17.7 Å². The monoisotopic (exact) mass is 1150 g/mol. The number of rotatable bonds is 47. The van der Waals surface area contributed by atoms with Crippen LogP contribution in [0.2, 0.25) is 0 Å². The topological polar surface area (TPSA) is 262 Å². The zero-order valence-corrected chi connectivity index (χ0v) is 47.0. The van der Waals surface area contributed by atoms with E-state index >= 15 is 0 Å². The van der Waals surface area contributed by atoms with Gasteiger partial charge in [-0.05, 0) is 60.1 Å². The number of carbonyl (C=O) groups is 6. The lowest BCUT2D eigenvalue weighted by Gasteiger charge is -2.27. The van der Waals surface area contributed by atoms with Crippen LogP contribution in [0.1, 0.15) is 82.7 Å². The van der Waals surface area contributed by atoms with E-state index in [0.29, 0.717) is 185 Å². The summed E-state index contributed by atoms with van der Waals surface area (Å²) in [5.74, 6) is -2.70. The molecule has 1 saturated heterocycles. The second kappa shape index (κ2) is 39.6. The number of nitrogens with one attached hydrogen (secondary N) is 3. The standard InChI is InChI=1S/C59H82N4O19/c64-53(61-51-15-8-14-49-55(51)58(68)63(57(49)67)52-17-18-54(65)62-56(52)66)16-2-1-7-20-70-22-24-72-26-28-74-30-32-76-34-36-78-38-40-80-42-43-81-41-39-79-37-35-77-33-31-75-29-27-73-25-23-71-21-9-19-60-59(69)82-44-50-47-12-5-3-10-45(47)46-11-4-6-13-48(46)50/h3-6,8,10-15,50,52H,1-2,7,9,16-44H2,(H,60,69)(H,61,64)(H,62,65,66). The number of hydrogen-bond donors (Lipinski definition) is 3. The lowest BCUT2D eigenvalue weighted by molar-refractivity contribution is -0.136. The molecule has 0 aromatic heterocycles. The molecule has 6 amide bonds. The third kappa shape index (κ3) is 23.5. The lowest BCUT2D eigenvalue weighted by atomic mass is 9.98. The van der Waals surface area contributed by atoms with Gasteiger partial charge in [-0.25, -0.2) is 4.79 Å². The van der Waals surface area contributed by atoms with Gasteiger partial charge < -0.3 is 72.2 Å². The van der Waals surface area contributed by atoms with Crippen molar-refractivity contribution in [3.05, 3.63) is 89.0 Å². The number of anilines is 1. The fourth-order valence-electron chi connectivity index (χ4n) is 9.03. The SMILES string of the molecule is O=C1CCC(N2C(=O)c3cccc(NC(=O)CCCCCOCCOCCOCCOCCOCCOCCOCCOCCOCCOCCOCCOCCCNC(=O)OCC4c5ccccc5-c5ccccc54)c3C2=O)C(=O)N1. The first-order valence-electron chi connectivity index (χ1n) is 28.5. The highest BCUT2D eigenvalue weighted by Crippen LogP contribution is 2.44. The van der Waals surface area contributed by atoms with E-state index in [4.69, 9.17) is 61.6 Å². The van der Waals surface area contributed by atoms with E-state index in [1.165, 1.54) is 28.3 Å². The van der Waals surface area contributed by atoms with Crippen LogP contribution in [-0.4, -0.2) is 218 Å². The Balaban J connectivity index is 0.579. The Labute approximate surface area is 479 Å². The minimum Gasteiger partial charge on any atom is -0.449 e. The van der Waals surface area contributed by atoms with Gasteiger partial charge in [0.25, 0.3) is 11.8 Å². The Kier molecular flexibility index (Phi) is 31.6. The molecule has 0 bridgehead atoms. The summed E-state index contributed by atoms with van der Waals surface area (Å²) in [6.45, 7) is 11.8. The minimum absolute atomic E-state index is 0.0229. The van der Waals surface area contributed by atoms with Gasteiger partial charge in [-0.1, -0.05) is 61.0 Å². The predicted octanol–water partition coefficient (Wildman–Crippen LogP) is 4.71. The van der Waals surface area contributed by atoms with Gasteiger partial charge in [0, 0.05) is 38.5 Å². The van der Waals surface area contributed by atoms with Gasteiger partial charge in [-0.2, -0.15) is 0 Å². The van der Waals surface area contributed by atoms with Crippen molar-refractivity contribution < 1.29 is 90.3 Å². The van der Waals surface area contributed by atoms with Gasteiger partial charge in [0.05, 0.1) is 162 Å². The average Bonchev–Trinajstić information content (AvgIpc) is 4.19. The van der Waals surface area contributed by atoms with Gasteiger partial charge in [-0.3, -0.25) is 34.2 Å². The zero-order valence-electron chi connectivity index (χ0n) is 47.0. The number of alkyl carbamates (subject to hydrolysis) is 1. The van der Waals surface area contributed by atoms with Crippen molar-refractivity contribution in [2.24, 2.45) is 0 Å². The molecule has 1 unspecified atom stereocenters. The molecule has 0 saturated carbocycles. The van der Waals surface area contributed by atoms with Crippen molar-refractivity contribution in [2.75, 3.05) is 177 Å². The van der Waals surface area contributed by atoms with E-state index in [-0.39, 0.29) is 47.9 Å². The number of fused-ring (bicyclic) bond motifs is 4. The number of unbranched alkanes of at least 4 members (excludes halogenated alkanes) is 2. The highest BCUT2D eigenvalue weighted by Gasteiger charge is 2.45. The maximum Gasteiger partial charge on any atom is 0.407 e. The number of amides is 6. The fourth-order valence-corrected chi connectivity index (χ4v) is 9.03. The molecule has 3 N–H and O–H groups in total. The van der Waals surface area contributed by atoms with Crippen LogP contribution < -0.4 is 16.0 Å². The van der Waals surface area contributed by atoms with Crippen molar-refractivity contribution in [3.8, 4) is 11.1 Å². The van der Waals surface area contributed by atoms with Crippen molar-refractivity contribution in [3.63, 3.8) is 0 Å². The Bertz CT molecular complexity index is 2350. The molecule has 2 heterocycles. The molecular weight excluding hydrogens is 1070 g/mol. The minimum atomic E-state index is -1.08. The highest BCUT2D eigenvalue weighted by atomic mass is 16.6. The van der Waals surface area contributed by atoms with Crippen LogP contribution in [0.4, 0.5) is 10.5 Å². The van der Waals surface area contributed by atoms with Gasteiger partial charge in [0.15, 0.2) is 0 Å². The molecule has 23 heteroatoms. The summed E-state index contributed by atoms with van der Waals surface area (Å²) < 4.78 is 72.1. The van der Waals surface area contributed by atoms with Gasteiger partial charge in [-0.15, -0.1) is 0 Å². The first-order chi connectivity index (χ1) is 40.3. The summed E-state index contributed by atoms with van der Waals surface area (Å²) in [7, 11) is 0. The molecule has 3 aliphatic rings. The summed E-state index contributed by atoms with van der Waals surface area (Å²) >= 11 is 0. The Morgan fingerprint density at radius 3 is 1.37 bits per heavy atom. The molecule has 1 atom stereocenters. The van der Waals surface area contributed by atoms with Crippen LogP contribution in [0.5, 0.6) is 0 Å². The Morgan fingerprint density at radius 1 is 0.476 bits per heavy atom. The van der Waals surface area contributed by atoms with Crippen molar-refractivity contribution >= 4 is 41.3 Å². The van der Waals surface area contributed by atoms with Gasteiger partial charge in [0.1, 0.15) is 12.6 Å². The van der Waals surface area contributed by atoms with Crippen LogP contribution >= 0.6 is 0 Å². The number of nitrogens with zero attached hydrogens (tertiary/aromatic N) is 1. The number of hydrogen-bond acceptors (Lipinski definition) is 19. The molecule has 23 nitrogen and oxygen atoms in total. The van der Waals surface area contributed by atoms with E-state index in [1.807, 2.05) is 24.3 Å². The molecule has 1 aliphatic carbocycles. The number of carbonyl (C=O) groups excluding carboxylic acids is 6. The van der Waals surface area contributed by atoms with Crippen LogP contribution in [0.25, 0.3) is 11.1 Å². The number of benzene rings is 3. The molecule has 0 radical (unpaired) electrons. The quantitative estimate of drug-likeness (QED) is 0.0511. The van der Waals surface area contributed by atoms with Crippen LogP contribution in [0.3, 0.4) is 0 Å². The van der Waals surface area contributed by atoms with Crippen molar-refractivity contribution in [1.82, 2.24) is 15.5 Å². The second-order valence-corrected chi connectivity index (χ2v) is 19.0. The molecule has 6 rings (SSSR count). The number of ether oxygens (including phenoxy) is 13. The largest absolute Gasteiger partial charge is 0.449 e. The van der Waals surface area contributed by atoms with Crippen molar-refractivity contribution in [2.45, 2.75) is 56.9 Å². The van der Waals surface area contributed by atoms with E-state index in [9.17, 15) is 28.8 Å². The highest BCUT2D eigenvalue weighted by molar-refractivity contribution is 6.26. The third-order valence-electron chi connectivity index (χ3n) is 13.1. The fraction of sp³-hybridized carbons (Fsp3) is 0.593. The molecule has 82 heavy (non-hydrogen) atoms. The van der Waals surface area contributed by atoms with Crippen molar-refractivity contribution in [1.29, 1.82) is 0 Å². The van der Waals surface area contributed by atoms with E-state index < -0.39 is 35.8 Å². The smallest absolute Gasteiger partial charge is 0.407 e. The summed E-state index contributed by atoms with van der Waals surface area (Å²) in [5.41, 5.74) is 5.14.